The molecule has 0 amide bonds. The van der Waals surface area contributed by atoms with Crippen molar-refractivity contribution >= 4 is 5.69 Å². The fourth-order valence-corrected chi connectivity index (χ4v) is 2.25. The van der Waals surface area contributed by atoms with Gasteiger partial charge in [0.15, 0.2) is 0 Å². The van der Waals surface area contributed by atoms with Gasteiger partial charge in [-0.2, -0.15) is 9.49 Å². The molecule has 1 saturated carbocycles. The average molecular weight is 291 g/mol. The summed E-state index contributed by atoms with van der Waals surface area (Å²) in [6.45, 7) is 0.854. The van der Waals surface area contributed by atoms with E-state index in [0.717, 1.165) is 12.6 Å². The number of hydrogen-bond donors (Lipinski definition) is 0. The lowest BCUT2D eigenvalue weighted by Gasteiger charge is -2.05. The Morgan fingerprint density at radius 1 is 1.48 bits per heavy atom. The van der Waals surface area contributed by atoms with Gasteiger partial charge in [-0.25, -0.2) is 0 Å². The van der Waals surface area contributed by atoms with E-state index in [-0.39, 0.29) is 5.75 Å². The maximum atomic E-state index is 13.9. The molecule has 0 atom stereocenters. The largest absolute Gasteiger partial charge is 0.490 e. The summed E-state index contributed by atoms with van der Waals surface area (Å²) in [4.78, 5) is 10.1. The highest BCUT2D eigenvalue weighted by Gasteiger charge is 2.24. The summed E-state index contributed by atoms with van der Waals surface area (Å²) in [5, 5.41) is 15.1. The number of aromatic nitrogens is 2. The SMILES string of the molecule is COc1cc(-c2cnn(CC3CC3)c2)cc(F)c1[N+](=O)[O-]. The predicted octanol–water partition coefficient (Wildman–Crippen LogP) is 3.02. The highest BCUT2D eigenvalue weighted by molar-refractivity contribution is 5.67. The van der Waals surface area contributed by atoms with Crippen LogP contribution in [0.5, 0.6) is 5.75 Å². The van der Waals surface area contributed by atoms with Crippen LogP contribution in [0.2, 0.25) is 0 Å². The summed E-state index contributed by atoms with van der Waals surface area (Å²) >= 11 is 0. The Hall–Kier alpha value is -2.44. The summed E-state index contributed by atoms with van der Waals surface area (Å²) < 4.78 is 20.7. The number of nitrogens with zero attached hydrogens (tertiary/aromatic N) is 3. The standard InChI is InChI=1S/C14H14FN3O3/c1-21-13-5-10(4-12(15)14(13)18(19)20)11-6-16-17(8-11)7-9-2-3-9/h4-6,8-9H,2-3,7H2,1H3. The topological polar surface area (TPSA) is 70.2 Å². The first-order valence-electron chi connectivity index (χ1n) is 6.63. The first-order valence-corrected chi connectivity index (χ1v) is 6.63. The van der Waals surface area contributed by atoms with Crippen molar-refractivity contribution < 1.29 is 14.1 Å². The van der Waals surface area contributed by atoms with Gasteiger partial charge in [0, 0.05) is 18.3 Å². The monoisotopic (exact) mass is 291 g/mol. The highest BCUT2D eigenvalue weighted by Crippen LogP contribution is 2.35. The zero-order valence-electron chi connectivity index (χ0n) is 11.5. The Labute approximate surface area is 120 Å². The number of benzene rings is 1. The van der Waals surface area contributed by atoms with Crippen molar-refractivity contribution in [1.29, 1.82) is 0 Å². The minimum absolute atomic E-state index is 0.0926. The zero-order chi connectivity index (χ0) is 15.0. The third-order valence-corrected chi connectivity index (χ3v) is 3.54. The van der Waals surface area contributed by atoms with Gasteiger partial charge in [-0.05, 0) is 36.5 Å². The lowest BCUT2D eigenvalue weighted by molar-refractivity contribution is -0.388. The second kappa shape index (κ2) is 5.16. The van der Waals surface area contributed by atoms with Crippen LogP contribution in [0.3, 0.4) is 0 Å². The van der Waals surface area contributed by atoms with Gasteiger partial charge in [0.05, 0.1) is 18.2 Å². The van der Waals surface area contributed by atoms with E-state index in [1.54, 1.807) is 6.20 Å². The molecule has 1 aromatic heterocycles. The lowest BCUT2D eigenvalue weighted by atomic mass is 10.1. The van der Waals surface area contributed by atoms with E-state index in [4.69, 9.17) is 4.74 Å². The first-order chi connectivity index (χ1) is 10.1. The van der Waals surface area contributed by atoms with Crippen molar-refractivity contribution in [3.05, 3.63) is 40.5 Å². The molecule has 7 heteroatoms. The molecule has 0 spiro atoms. The molecule has 0 bridgehead atoms. The Balaban J connectivity index is 1.96. The molecule has 0 unspecified atom stereocenters. The Bertz CT molecular complexity index is 695. The van der Waals surface area contributed by atoms with Gasteiger partial charge < -0.3 is 4.74 Å². The number of methoxy groups -OCH3 is 1. The van der Waals surface area contributed by atoms with E-state index >= 15 is 0 Å². The number of hydrogen-bond acceptors (Lipinski definition) is 4. The minimum Gasteiger partial charge on any atom is -0.490 e. The molecule has 0 saturated heterocycles. The van der Waals surface area contributed by atoms with E-state index in [9.17, 15) is 14.5 Å². The van der Waals surface area contributed by atoms with Crippen molar-refractivity contribution in [2.75, 3.05) is 7.11 Å². The fourth-order valence-electron chi connectivity index (χ4n) is 2.25. The molecule has 1 aromatic carbocycles. The van der Waals surface area contributed by atoms with Crippen LogP contribution in [0.15, 0.2) is 24.5 Å². The van der Waals surface area contributed by atoms with Gasteiger partial charge in [0.1, 0.15) is 0 Å². The fraction of sp³-hybridized carbons (Fsp3) is 0.357. The van der Waals surface area contributed by atoms with Crippen LogP contribution in [0.1, 0.15) is 12.8 Å². The molecule has 1 fully saturated rings. The van der Waals surface area contributed by atoms with Gasteiger partial charge in [0.2, 0.25) is 11.6 Å². The molecule has 1 aliphatic carbocycles. The minimum atomic E-state index is -0.913. The summed E-state index contributed by atoms with van der Waals surface area (Å²) in [7, 11) is 1.28. The highest BCUT2D eigenvalue weighted by atomic mass is 19.1. The van der Waals surface area contributed by atoms with Gasteiger partial charge in [-0.15, -0.1) is 0 Å². The van der Waals surface area contributed by atoms with Crippen LogP contribution < -0.4 is 4.74 Å². The molecule has 110 valence electrons. The first kappa shape index (κ1) is 13.5. The molecule has 2 aromatic rings. The lowest BCUT2D eigenvalue weighted by Crippen LogP contribution is -1.99. The number of nitro benzene ring substituents is 1. The summed E-state index contributed by atoms with van der Waals surface area (Å²) in [5.41, 5.74) is 0.575. The normalized spacial score (nSPS) is 14.2. The third kappa shape index (κ3) is 2.72. The van der Waals surface area contributed by atoms with Crippen LogP contribution in [-0.2, 0) is 6.54 Å². The van der Waals surface area contributed by atoms with Crippen LogP contribution in [0.4, 0.5) is 10.1 Å². The molecule has 0 N–H and O–H groups in total. The number of ether oxygens (including phenoxy) is 1. The average Bonchev–Trinajstić information content (AvgIpc) is 3.12. The molecule has 1 aliphatic rings. The van der Waals surface area contributed by atoms with Crippen LogP contribution >= 0.6 is 0 Å². The van der Waals surface area contributed by atoms with Crippen LogP contribution in [-0.4, -0.2) is 21.8 Å². The zero-order valence-corrected chi connectivity index (χ0v) is 11.5. The third-order valence-electron chi connectivity index (χ3n) is 3.54. The molecule has 0 radical (unpaired) electrons. The van der Waals surface area contributed by atoms with Gasteiger partial charge >= 0.3 is 5.69 Å². The quantitative estimate of drug-likeness (QED) is 0.627. The number of nitro groups is 1. The van der Waals surface area contributed by atoms with E-state index < -0.39 is 16.4 Å². The van der Waals surface area contributed by atoms with Gasteiger partial charge in [0.25, 0.3) is 0 Å². The predicted molar refractivity (Wildman–Crippen MR) is 73.6 cm³/mol. The maximum Gasteiger partial charge on any atom is 0.346 e. The summed E-state index contributed by atoms with van der Waals surface area (Å²) in [5.74, 6) is -0.324. The Morgan fingerprint density at radius 2 is 2.24 bits per heavy atom. The Kier molecular flexibility index (Phi) is 3.32. The van der Waals surface area contributed by atoms with Crippen molar-refractivity contribution in [2.24, 2.45) is 5.92 Å². The maximum absolute atomic E-state index is 13.9. The summed E-state index contributed by atoms with van der Waals surface area (Å²) in [6, 6.07) is 2.60. The van der Waals surface area contributed by atoms with Crippen molar-refractivity contribution in [1.82, 2.24) is 9.78 Å². The number of halogens is 1. The number of rotatable bonds is 5. The second-order valence-corrected chi connectivity index (χ2v) is 5.16. The van der Waals surface area contributed by atoms with Crippen molar-refractivity contribution in [2.45, 2.75) is 19.4 Å². The molecule has 3 rings (SSSR count). The molecule has 6 nitrogen and oxygen atoms in total. The molecule has 1 heterocycles. The molecular formula is C14H14FN3O3. The van der Waals surface area contributed by atoms with Gasteiger partial charge in [-0.1, -0.05) is 0 Å². The molecular weight excluding hydrogens is 277 g/mol. The van der Waals surface area contributed by atoms with Crippen LogP contribution in [0, 0.1) is 21.8 Å². The summed E-state index contributed by atoms with van der Waals surface area (Å²) in [6.07, 6.45) is 5.88. The molecule has 21 heavy (non-hydrogen) atoms. The Morgan fingerprint density at radius 3 is 2.86 bits per heavy atom. The van der Waals surface area contributed by atoms with E-state index in [0.29, 0.717) is 17.0 Å². The second-order valence-electron chi connectivity index (χ2n) is 5.16. The van der Waals surface area contributed by atoms with Gasteiger partial charge in [-0.3, -0.25) is 14.8 Å². The van der Waals surface area contributed by atoms with Crippen molar-refractivity contribution in [3.8, 4) is 16.9 Å². The van der Waals surface area contributed by atoms with E-state index in [2.05, 4.69) is 5.10 Å². The molecule has 0 aliphatic heterocycles. The smallest absolute Gasteiger partial charge is 0.346 e. The van der Waals surface area contributed by atoms with Crippen molar-refractivity contribution in [3.63, 3.8) is 0 Å². The van der Waals surface area contributed by atoms with E-state index in [1.165, 1.54) is 26.0 Å². The van der Waals surface area contributed by atoms with Crippen LogP contribution in [0.25, 0.3) is 11.1 Å². The van der Waals surface area contributed by atoms with E-state index in [1.807, 2.05) is 10.9 Å².